The van der Waals surface area contributed by atoms with Gasteiger partial charge in [-0.25, -0.2) is 0 Å². The van der Waals surface area contributed by atoms with Crippen LogP contribution in [0, 0.1) is 5.92 Å². The Morgan fingerprint density at radius 2 is 1.41 bits per heavy atom. The molecular formula is C34H36O7. The van der Waals surface area contributed by atoms with Crippen molar-refractivity contribution in [1.29, 1.82) is 0 Å². The minimum absolute atomic E-state index is 0.00113. The molecule has 0 amide bonds. The van der Waals surface area contributed by atoms with Crippen LogP contribution in [0.25, 0.3) is 12.2 Å². The Morgan fingerprint density at radius 3 is 2.05 bits per heavy atom. The molecule has 0 spiro atoms. The summed E-state index contributed by atoms with van der Waals surface area (Å²) in [5.41, 5.74) is 3.41. The number of ether oxygens (including phenoxy) is 3. The van der Waals surface area contributed by atoms with Crippen LogP contribution in [0.15, 0.2) is 84.7 Å². The molecule has 0 aromatic heterocycles. The topological polar surface area (TPSA) is 102 Å². The van der Waals surface area contributed by atoms with E-state index < -0.39 is 17.7 Å². The van der Waals surface area contributed by atoms with Crippen molar-refractivity contribution < 1.29 is 34.0 Å². The maximum Gasteiger partial charge on any atom is 0.318 e. The highest BCUT2D eigenvalue weighted by atomic mass is 16.6. The van der Waals surface area contributed by atoms with Gasteiger partial charge in [-0.3, -0.25) is 9.59 Å². The van der Waals surface area contributed by atoms with E-state index in [1.54, 1.807) is 49.4 Å². The molecule has 0 bridgehead atoms. The fourth-order valence-electron chi connectivity index (χ4n) is 4.02. The molecule has 0 saturated carbocycles. The molecule has 1 atom stereocenters. The van der Waals surface area contributed by atoms with Gasteiger partial charge in [-0.15, -0.1) is 0 Å². The average molecular weight is 557 g/mol. The van der Waals surface area contributed by atoms with Gasteiger partial charge in [0, 0.05) is 6.08 Å². The Labute approximate surface area is 241 Å². The number of carbonyl (C=O) groups is 2. The average Bonchev–Trinajstić information content (AvgIpc) is 2.95. The Balaban J connectivity index is 1.63. The van der Waals surface area contributed by atoms with Gasteiger partial charge >= 0.3 is 5.97 Å². The molecule has 3 rings (SSSR count). The molecule has 7 heteroatoms. The lowest BCUT2D eigenvalue weighted by Crippen LogP contribution is -2.16. The number of phenols is 1. The van der Waals surface area contributed by atoms with Crippen LogP contribution in [0.4, 0.5) is 0 Å². The Hall–Kier alpha value is -4.78. The highest BCUT2D eigenvalue weighted by Gasteiger charge is 2.19. The third kappa shape index (κ3) is 9.14. The first-order chi connectivity index (χ1) is 19.6. The second-order valence-electron chi connectivity index (χ2n) is 9.96. The monoisotopic (exact) mass is 556 g/mol. The van der Waals surface area contributed by atoms with E-state index in [-0.39, 0.29) is 17.3 Å². The summed E-state index contributed by atoms with van der Waals surface area (Å²) in [5, 5.41) is 19.9. The highest BCUT2D eigenvalue weighted by Crippen LogP contribution is 2.31. The lowest BCUT2D eigenvalue weighted by atomic mass is 9.97. The molecule has 0 aliphatic heterocycles. The zero-order chi connectivity index (χ0) is 29.9. The number of aliphatic hydroxyl groups excluding tert-OH is 1. The molecule has 3 aromatic rings. The van der Waals surface area contributed by atoms with E-state index in [4.69, 9.17) is 14.2 Å². The molecular weight excluding hydrogens is 520 g/mol. The number of ketones is 1. The summed E-state index contributed by atoms with van der Waals surface area (Å²) in [6, 6.07) is 17.7. The van der Waals surface area contributed by atoms with Crippen molar-refractivity contribution >= 4 is 23.9 Å². The fourth-order valence-corrected chi connectivity index (χ4v) is 4.02. The van der Waals surface area contributed by atoms with Crippen LogP contribution >= 0.6 is 0 Å². The molecule has 2 N–H and O–H groups in total. The summed E-state index contributed by atoms with van der Waals surface area (Å²) < 4.78 is 16.1. The van der Waals surface area contributed by atoms with Crippen molar-refractivity contribution in [3.63, 3.8) is 0 Å². The van der Waals surface area contributed by atoms with Gasteiger partial charge < -0.3 is 24.4 Å². The van der Waals surface area contributed by atoms with Gasteiger partial charge in [-0.1, -0.05) is 62.4 Å². The highest BCUT2D eigenvalue weighted by molar-refractivity contribution is 6.02. The lowest BCUT2D eigenvalue weighted by molar-refractivity contribution is -0.135. The number of esters is 1. The lowest BCUT2D eigenvalue weighted by Gasteiger charge is -2.15. The van der Waals surface area contributed by atoms with Gasteiger partial charge in [-0.05, 0) is 77.9 Å². The summed E-state index contributed by atoms with van der Waals surface area (Å²) in [5.74, 6) is -0.0550. The van der Waals surface area contributed by atoms with E-state index >= 15 is 0 Å². The van der Waals surface area contributed by atoms with Crippen LogP contribution in [0.2, 0.25) is 0 Å². The third-order valence-corrected chi connectivity index (χ3v) is 6.26. The normalized spacial score (nSPS) is 12.6. The molecule has 0 aliphatic rings. The molecule has 0 saturated heterocycles. The van der Waals surface area contributed by atoms with Gasteiger partial charge in [0.1, 0.15) is 5.76 Å². The third-order valence-electron chi connectivity index (χ3n) is 6.26. The van der Waals surface area contributed by atoms with Gasteiger partial charge in [-0.2, -0.15) is 0 Å². The molecule has 1 unspecified atom stereocenters. The quantitative estimate of drug-likeness (QED) is 0.0810. The number of phenolic OH excluding ortho intramolecular Hbond substituents is 1. The number of hydrogen-bond acceptors (Lipinski definition) is 7. The summed E-state index contributed by atoms with van der Waals surface area (Å²) in [6.07, 6.45) is 7.88. The first kappa shape index (κ1) is 30.8. The summed E-state index contributed by atoms with van der Waals surface area (Å²) >= 11 is 0. The summed E-state index contributed by atoms with van der Waals surface area (Å²) in [7, 11) is 2.91. The smallest absolute Gasteiger partial charge is 0.318 e. The molecule has 0 heterocycles. The second kappa shape index (κ2) is 14.6. The minimum Gasteiger partial charge on any atom is -0.508 e. The van der Waals surface area contributed by atoms with Gasteiger partial charge in [0.25, 0.3) is 0 Å². The Kier molecular flexibility index (Phi) is 10.9. The minimum atomic E-state index is -0.461. The molecule has 0 fully saturated rings. The number of methoxy groups -OCH3 is 2. The van der Waals surface area contributed by atoms with E-state index in [0.717, 1.165) is 18.1 Å². The molecule has 214 valence electrons. The Morgan fingerprint density at radius 1 is 0.805 bits per heavy atom. The second-order valence-corrected chi connectivity index (χ2v) is 9.96. The van der Waals surface area contributed by atoms with Crippen LogP contribution in [-0.2, 0) is 16.0 Å². The standard InChI is InChI=1S/C34H36O7/c1-22(2)18-24-6-12-27(13-7-24)23(3)34(38)41-31-17-11-26(20-33(31)40-5)9-15-29(36)21-28(35)14-8-25-10-16-30(37)32(19-25)39-4/h6-17,19-23,36-37H,18H2,1-5H3/b14-8+,15-9+,29-21-. The molecule has 0 radical (unpaired) electrons. The van der Waals surface area contributed by atoms with Crippen LogP contribution in [0.3, 0.4) is 0 Å². The Bertz CT molecular complexity index is 1450. The number of allylic oxidation sites excluding steroid dienone is 3. The number of aliphatic hydroxyl groups is 1. The summed E-state index contributed by atoms with van der Waals surface area (Å²) in [4.78, 5) is 25.1. The zero-order valence-corrected chi connectivity index (χ0v) is 24.0. The van der Waals surface area contributed by atoms with Crippen LogP contribution in [-0.4, -0.2) is 36.2 Å². The molecule has 3 aromatic carbocycles. The maximum absolute atomic E-state index is 12.9. The van der Waals surface area contributed by atoms with Crippen molar-refractivity contribution in [2.24, 2.45) is 5.92 Å². The number of aromatic hydroxyl groups is 1. The number of benzene rings is 3. The van der Waals surface area contributed by atoms with Crippen molar-refractivity contribution in [2.75, 3.05) is 14.2 Å². The predicted octanol–water partition coefficient (Wildman–Crippen LogP) is 7.05. The number of rotatable bonds is 12. The van der Waals surface area contributed by atoms with Crippen LogP contribution in [0.1, 0.15) is 48.9 Å². The summed E-state index contributed by atoms with van der Waals surface area (Å²) in [6.45, 7) is 6.14. The largest absolute Gasteiger partial charge is 0.508 e. The van der Waals surface area contributed by atoms with E-state index in [1.165, 1.54) is 38.0 Å². The van der Waals surface area contributed by atoms with E-state index in [0.29, 0.717) is 28.5 Å². The molecule has 0 aliphatic carbocycles. The van der Waals surface area contributed by atoms with E-state index in [1.807, 2.05) is 24.3 Å². The first-order valence-corrected chi connectivity index (χ1v) is 13.3. The van der Waals surface area contributed by atoms with Gasteiger partial charge in [0.2, 0.25) is 0 Å². The first-order valence-electron chi connectivity index (χ1n) is 13.3. The van der Waals surface area contributed by atoms with Crippen molar-refractivity contribution in [3.8, 4) is 23.0 Å². The van der Waals surface area contributed by atoms with Crippen LogP contribution in [0.5, 0.6) is 23.0 Å². The SMILES string of the molecule is COc1cc(/C=C/C(=O)/C=C(O)/C=C/c2ccc(OC(=O)C(C)c3ccc(CC(C)C)cc3)c(OC)c2)ccc1O. The molecule has 7 nitrogen and oxygen atoms in total. The number of carbonyl (C=O) groups excluding carboxylic acids is 2. The van der Waals surface area contributed by atoms with Crippen molar-refractivity contribution in [1.82, 2.24) is 0 Å². The zero-order valence-electron chi connectivity index (χ0n) is 24.0. The van der Waals surface area contributed by atoms with Crippen molar-refractivity contribution in [3.05, 3.63) is 107 Å². The fraction of sp³-hybridized carbons (Fsp3) is 0.235. The molecule has 41 heavy (non-hydrogen) atoms. The predicted molar refractivity (Wildman–Crippen MR) is 160 cm³/mol. The van der Waals surface area contributed by atoms with E-state index in [2.05, 4.69) is 13.8 Å². The van der Waals surface area contributed by atoms with Crippen LogP contribution < -0.4 is 14.2 Å². The van der Waals surface area contributed by atoms with E-state index in [9.17, 15) is 19.8 Å². The van der Waals surface area contributed by atoms with Gasteiger partial charge in [0.15, 0.2) is 28.8 Å². The van der Waals surface area contributed by atoms with Crippen molar-refractivity contribution in [2.45, 2.75) is 33.1 Å². The van der Waals surface area contributed by atoms with Gasteiger partial charge in [0.05, 0.1) is 20.1 Å². The number of hydrogen-bond donors (Lipinski definition) is 2. The maximum atomic E-state index is 12.9.